The number of aryl methyl sites for hydroxylation is 1. The molecule has 0 saturated carbocycles. The number of nitrogens with zero attached hydrogens (tertiary/aromatic N) is 1. The van der Waals surface area contributed by atoms with E-state index in [0.717, 1.165) is 0 Å². The predicted octanol–water partition coefficient (Wildman–Crippen LogP) is 7.74. The molecule has 0 aliphatic heterocycles. The maximum atomic E-state index is 3.82. The molecule has 1 atom stereocenters. The second kappa shape index (κ2) is 7.36. The molecule has 0 radical (unpaired) electrons. The Kier molecular flexibility index (Phi) is 4.16. The number of nitrogens with one attached hydrogen (secondary N) is 1. The van der Waals surface area contributed by atoms with Crippen molar-refractivity contribution in [2.24, 2.45) is 7.05 Å². The SMILES string of the molecule is Cn1c2c(c3ccccc31)[C@H](c1ccccc1)c1c([nH]c3ccccc13)C(c1ccccc1)=C2. The normalized spacial score (nSPS) is 15.1. The fraction of sp³-hybridized carbons (Fsp3) is 0.0625. The molecule has 1 aliphatic carbocycles. The average molecular weight is 437 g/mol. The first-order valence-electron chi connectivity index (χ1n) is 11.8. The predicted molar refractivity (Wildman–Crippen MR) is 142 cm³/mol. The number of fused-ring (bicyclic) bond motifs is 6. The molecule has 34 heavy (non-hydrogen) atoms. The van der Waals surface area contributed by atoms with E-state index in [4.69, 9.17) is 0 Å². The zero-order valence-corrected chi connectivity index (χ0v) is 19.0. The van der Waals surface area contributed by atoms with Crippen molar-refractivity contribution in [3.63, 3.8) is 0 Å². The van der Waals surface area contributed by atoms with Crippen molar-refractivity contribution in [1.29, 1.82) is 0 Å². The van der Waals surface area contributed by atoms with Gasteiger partial charge in [-0.3, -0.25) is 0 Å². The summed E-state index contributed by atoms with van der Waals surface area (Å²) in [6.07, 6.45) is 2.39. The summed E-state index contributed by atoms with van der Waals surface area (Å²) in [4.78, 5) is 3.82. The number of rotatable bonds is 2. The monoisotopic (exact) mass is 436 g/mol. The third-order valence-corrected chi connectivity index (χ3v) is 7.28. The topological polar surface area (TPSA) is 20.7 Å². The van der Waals surface area contributed by atoms with Crippen LogP contribution in [0.25, 0.3) is 33.5 Å². The summed E-state index contributed by atoms with van der Waals surface area (Å²) in [6, 6.07) is 39.3. The molecule has 6 aromatic rings. The van der Waals surface area contributed by atoms with Crippen molar-refractivity contribution < 1.29 is 0 Å². The molecule has 2 aromatic heterocycles. The first-order valence-corrected chi connectivity index (χ1v) is 11.8. The Morgan fingerprint density at radius 1 is 0.647 bits per heavy atom. The van der Waals surface area contributed by atoms with Crippen LogP contribution < -0.4 is 0 Å². The van der Waals surface area contributed by atoms with E-state index in [2.05, 4.69) is 132 Å². The lowest BCUT2D eigenvalue weighted by molar-refractivity contribution is 0.919. The highest BCUT2D eigenvalue weighted by Crippen LogP contribution is 2.49. The van der Waals surface area contributed by atoms with Crippen molar-refractivity contribution in [1.82, 2.24) is 9.55 Å². The van der Waals surface area contributed by atoms with Crippen molar-refractivity contribution in [3.05, 3.63) is 143 Å². The molecule has 2 nitrogen and oxygen atoms in total. The zero-order chi connectivity index (χ0) is 22.6. The van der Waals surface area contributed by atoms with Crippen molar-refractivity contribution >= 4 is 33.5 Å². The lowest BCUT2D eigenvalue weighted by Crippen LogP contribution is -2.05. The molecular formula is C32H24N2. The minimum atomic E-state index is 0.117. The fourth-order valence-corrected chi connectivity index (χ4v) is 5.77. The molecule has 1 aliphatic rings. The van der Waals surface area contributed by atoms with E-state index in [9.17, 15) is 0 Å². The molecule has 0 bridgehead atoms. The van der Waals surface area contributed by atoms with Crippen molar-refractivity contribution in [2.75, 3.05) is 0 Å². The largest absolute Gasteiger partial charge is 0.354 e. The highest BCUT2D eigenvalue weighted by atomic mass is 15.0. The molecule has 2 heterocycles. The van der Waals surface area contributed by atoms with E-state index in [1.165, 1.54) is 61.0 Å². The second-order valence-electron chi connectivity index (χ2n) is 9.10. The van der Waals surface area contributed by atoms with Gasteiger partial charge in [0.2, 0.25) is 0 Å². The van der Waals surface area contributed by atoms with E-state index in [1.807, 2.05) is 0 Å². The van der Waals surface area contributed by atoms with E-state index in [-0.39, 0.29) is 5.92 Å². The number of hydrogen-bond acceptors (Lipinski definition) is 0. The van der Waals surface area contributed by atoms with Crippen LogP contribution in [0.4, 0.5) is 0 Å². The van der Waals surface area contributed by atoms with Gasteiger partial charge in [-0.05, 0) is 40.5 Å². The molecule has 0 unspecified atom stereocenters. The molecule has 0 saturated heterocycles. The Balaban J connectivity index is 1.69. The van der Waals surface area contributed by atoms with Crippen molar-refractivity contribution in [3.8, 4) is 0 Å². The number of para-hydroxylation sites is 2. The van der Waals surface area contributed by atoms with Crippen LogP contribution in [0.3, 0.4) is 0 Å². The van der Waals surface area contributed by atoms with Crippen LogP contribution in [0, 0.1) is 0 Å². The fourth-order valence-electron chi connectivity index (χ4n) is 5.77. The molecule has 4 aromatic carbocycles. The Labute approximate surface area is 198 Å². The number of benzene rings is 4. The molecule has 1 N–H and O–H groups in total. The van der Waals surface area contributed by atoms with Gasteiger partial charge in [0.1, 0.15) is 0 Å². The summed E-state index contributed by atoms with van der Waals surface area (Å²) < 4.78 is 2.36. The van der Waals surface area contributed by atoms with E-state index >= 15 is 0 Å². The quantitative estimate of drug-likeness (QED) is 0.286. The molecular weight excluding hydrogens is 412 g/mol. The molecule has 162 valence electrons. The molecule has 2 heteroatoms. The van der Waals surface area contributed by atoms with E-state index < -0.39 is 0 Å². The smallest absolute Gasteiger partial charge is 0.0513 e. The van der Waals surface area contributed by atoms with Gasteiger partial charge in [0, 0.05) is 46.0 Å². The summed E-state index contributed by atoms with van der Waals surface area (Å²) in [5.74, 6) is 0.117. The van der Waals surface area contributed by atoms with Gasteiger partial charge in [0.25, 0.3) is 0 Å². The third-order valence-electron chi connectivity index (χ3n) is 7.28. The second-order valence-corrected chi connectivity index (χ2v) is 9.10. The Morgan fingerprint density at radius 3 is 2.09 bits per heavy atom. The van der Waals surface area contributed by atoms with Gasteiger partial charge in [0.05, 0.1) is 5.69 Å². The minimum Gasteiger partial charge on any atom is -0.354 e. The van der Waals surface area contributed by atoms with Crippen molar-refractivity contribution in [2.45, 2.75) is 5.92 Å². The van der Waals surface area contributed by atoms with Gasteiger partial charge < -0.3 is 9.55 Å². The highest BCUT2D eigenvalue weighted by Gasteiger charge is 2.33. The Morgan fingerprint density at radius 2 is 1.29 bits per heavy atom. The third kappa shape index (κ3) is 2.69. The first-order chi connectivity index (χ1) is 16.8. The maximum Gasteiger partial charge on any atom is 0.0513 e. The van der Waals surface area contributed by atoms with Crippen LogP contribution in [0.5, 0.6) is 0 Å². The van der Waals surface area contributed by atoms with Gasteiger partial charge in [-0.1, -0.05) is 97.1 Å². The Bertz CT molecular complexity index is 1700. The summed E-state index contributed by atoms with van der Waals surface area (Å²) in [5.41, 5.74) is 11.4. The number of aromatic nitrogens is 2. The minimum absolute atomic E-state index is 0.117. The van der Waals surface area contributed by atoms with Gasteiger partial charge in [-0.25, -0.2) is 0 Å². The van der Waals surface area contributed by atoms with Gasteiger partial charge in [0.15, 0.2) is 0 Å². The lowest BCUT2D eigenvalue weighted by Gasteiger charge is -2.19. The van der Waals surface area contributed by atoms with E-state index in [0.29, 0.717) is 0 Å². The highest BCUT2D eigenvalue weighted by molar-refractivity contribution is 6.03. The average Bonchev–Trinajstić information content (AvgIpc) is 3.35. The number of aromatic amines is 1. The Hall–Kier alpha value is -4.30. The van der Waals surface area contributed by atoms with Crippen LogP contribution in [0.2, 0.25) is 0 Å². The number of H-pyrrole nitrogens is 1. The summed E-state index contributed by atoms with van der Waals surface area (Å²) in [6.45, 7) is 0. The molecule has 0 spiro atoms. The van der Waals surface area contributed by atoms with Crippen LogP contribution >= 0.6 is 0 Å². The van der Waals surface area contributed by atoms with Gasteiger partial charge in [-0.2, -0.15) is 0 Å². The summed E-state index contributed by atoms with van der Waals surface area (Å²) in [5, 5.41) is 2.60. The molecule has 7 rings (SSSR count). The van der Waals surface area contributed by atoms with Gasteiger partial charge >= 0.3 is 0 Å². The summed E-state index contributed by atoms with van der Waals surface area (Å²) in [7, 11) is 2.19. The molecule has 0 fully saturated rings. The van der Waals surface area contributed by atoms with Crippen LogP contribution in [0.15, 0.2) is 109 Å². The first kappa shape index (κ1) is 19.2. The van der Waals surface area contributed by atoms with E-state index in [1.54, 1.807) is 0 Å². The van der Waals surface area contributed by atoms with Crippen LogP contribution in [0.1, 0.15) is 39.6 Å². The van der Waals surface area contributed by atoms with Crippen LogP contribution in [-0.2, 0) is 7.05 Å². The zero-order valence-electron chi connectivity index (χ0n) is 19.0. The lowest BCUT2D eigenvalue weighted by atomic mass is 9.82. The standard InChI is InChI=1S/C32H24N2/c1-34-27-19-11-9-17-24(27)30-28(34)20-25(21-12-4-2-5-13-21)32-31(23-16-8-10-18-26(23)33-32)29(30)22-14-6-3-7-15-22/h2-20,29,33H,1H3/t29-/m0/s1. The molecule has 0 amide bonds. The summed E-state index contributed by atoms with van der Waals surface area (Å²) >= 11 is 0. The maximum absolute atomic E-state index is 3.82. The number of hydrogen-bond donors (Lipinski definition) is 1. The van der Waals surface area contributed by atoms with Crippen LogP contribution in [-0.4, -0.2) is 9.55 Å². The van der Waals surface area contributed by atoms with Gasteiger partial charge in [-0.15, -0.1) is 0 Å².